The Morgan fingerprint density at radius 2 is 1.80 bits per heavy atom. The molecule has 1 amide bonds. The Morgan fingerprint density at radius 3 is 2.46 bits per heavy atom. The Kier molecular flexibility index (Phi) is 8.30. The lowest BCUT2D eigenvalue weighted by Crippen LogP contribution is -2.20. The van der Waals surface area contributed by atoms with Crippen molar-refractivity contribution in [2.75, 3.05) is 7.11 Å². The fraction of sp³-hybridized carbons (Fsp3) is 0.130. The van der Waals surface area contributed by atoms with E-state index in [2.05, 4.69) is 10.5 Å². The molecule has 3 aromatic carbocycles. The number of nitrogens with one attached hydrogen (secondary N) is 1. The summed E-state index contributed by atoms with van der Waals surface area (Å²) in [6.07, 6.45) is 1.12. The van der Waals surface area contributed by atoms with Gasteiger partial charge in [-0.2, -0.15) is 5.10 Å². The highest BCUT2D eigenvalue weighted by Gasteiger charge is 2.15. The third-order valence-corrected chi connectivity index (χ3v) is 5.01. The number of hydrogen-bond acceptors (Lipinski definition) is 8. The van der Waals surface area contributed by atoms with E-state index in [1.54, 1.807) is 30.3 Å². The number of para-hydroxylation sites is 1. The molecule has 0 aliphatic rings. The van der Waals surface area contributed by atoms with E-state index < -0.39 is 15.8 Å². The normalized spacial score (nSPS) is 10.7. The minimum atomic E-state index is -0.550. The number of nitro groups is 2. The zero-order valence-corrected chi connectivity index (χ0v) is 19.1. The lowest BCUT2D eigenvalue weighted by atomic mass is 10.1. The molecule has 35 heavy (non-hydrogen) atoms. The molecule has 11 nitrogen and oxygen atoms in total. The molecular formula is C23H19ClN4O7. The second kappa shape index (κ2) is 11.6. The van der Waals surface area contributed by atoms with E-state index in [0.717, 1.165) is 0 Å². The van der Waals surface area contributed by atoms with Crippen molar-refractivity contribution in [3.05, 3.63) is 103 Å². The number of halogens is 1. The van der Waals surface area contributed by atoms with Gasteiger partial charge >= 0.3 is 0 Å². The number of carbonyl (C=O) groups excluding carboxylic acids is 1. The number of hydrogen-bond donors (Lipinski definition) is 1. The highest BCUT2D eigenvalue weighted by atomic mass is 35.5. The van der Waals surface area contributed by atoms with Gasteiger partial charge in [0.15, 0.2) is 11.5 Å². The van der Waals surface area contributed by atoms with Crippen molar-refractivity contribution in [2.45, 2.75) is 13.0 Å². The van der Waals surface area contributed by atoms with E-state index in [-0.39, 0.29) is 40.7 Å². The molecule has 0 unspecified atom stereocenters. The van der Waals surface area contributed by atoms with E-state index >= 15 is 0 Å². The van der Waals surface area contributed by atoms with Crippen molar-refractivity contribution < 1.29 is 24.1 Å². The molecular weight excluding hydrogens is 480 g/mol. The quantitative estimate of drug-likeness (QED) is 0.247. The summed E-state index contributed by atoms with van der Waals surface area (Å²) < 4.78 is 11.1. The fourth-order valence-corrected chi connectivity index (χ4v) is 3.33. The molecule has 12 heteroatoms. The van der Waals surface area contributed by atoms with Gasteiger partial charge < -0.3 is 9.47 Å². The topological polar surface area (TPSA) is 146 Å². The molecule has 180 valence electrons. The predicted molar refractivity (Wildman–Crippen MR) is 128 cm³/mol. The van der Waals surface area contributed by atoms with Crippen LogP contribution in [0, 0.1) is 20.2 Å². The molecule has 0 atom stereocenters. The van der Waals surface area contributed by atoms with Gasteiger partial charge in [0.1, 0.15) is 6.61 Å². The van der Waals surface area contributed by atoms with Gasteiger partial charge in [-0.1, -0.05) is 29.8 Å². The third-order valence-electron chi connectivity index (χ3n) is 4.72. The first-order valence-corrected chi connectivity index (χ1v) is 10.4. The Labute approximate surface area is 204 Å². The molecule has 0 fully saturated rings. The molecule has 1 N–H and O–H groups in total. The van der Waals surface area contributed by atoms with Gasteiger partial charge in [-0.3, -0.25) is 25.0 Å². The number of ether oxygens (including phenoxy) is 2. The van der Waals surface area contributed by atoms with E-state index in [9.17, 15) is 25.0 Å². The van der Waals surface area contributed by atoms with Crippen LogP contribution in [0.1, 0.15) is 16.7 Å². The first-order chi connectivity index (χ1) is 16.8. The molecule has 0 heterocycles. The summed E-state index contributed by atoms with van der Waals surface area (Å²) in [6.45, 7) is 0.100. The molecule has 0 bridgehead atoms. The number of methoxy groups -OCH3 is 1. The second-order valence-corrected chi connectivity index (χ2v) is 7.51. The number of rotatable bonds is 10. The number of non-ortho nitro benzene ring substituents is 1. The van der Waals surface area contributed by atoms with Gasteiger partial charge in [0.2, 0.25) is 5.91 Å². The summed E-state index contributed by atoms with van der Waals surface area (Å²) in [6, 6.07) is 15.0. The average molecular weight is 499 g/mol. The second-order valence-electron chi connectivity index (χ2n) is 7.10. The molecule has 0 radical (unpaired) electrons. The van der Waals surface area contributed by atoms with E-state index in [4.69, 9.17) is 21.1 Å². The predicted octanol–water partition coefficient (Wildman–Crippen LogP) is 4.44. The van der Waals surface area contributed by atoms with Crippen LogP contribution in [0.2, 0.25) is 5.02 Å². The zero-order chi connectivity index (χ0) is 25.4. The number of amides is 1. The van der Waals surface area contributed by atoms with Crippen molar-refractivity contribution in [3.8, 4) is 11.5 Å². The SMILES string of the molecule is COc1cc(C=NNC(=O)Cc2ccccc2[N+](=O)[O-])cc(Cl)c1OCc1ccc([N+](=O)[O-])cc1. The Balaban J connectivity index is 1.64. The van der Waals surface area contributed by atoms with Gasteiger partial charge in [0, 0.05) is 23.8 Å². The van der Waals surface area contributed by atoms with Gasteiger partial charge in [0.25, 0.3) is 11.4 Å². The van der Waals surface area contributed by atoms with Crippen molar-refractivity contribution in [3.63, 3.8) is 0 Å². The number of benzene rings is 3. The van der Waals surface area contributed by atoms with Crippen LogP contribution in [0.15, 0.2) is 65.8 Å². The average Bonchev–Trinajstić information content (AvgIpc) is 2.83. The van der Waals surface area contributed by atoms with Crippen LogP contribution in [0.4, 0.5) is 11.4 Å². The minimum Gasteiger partial charge on any atom is -0.493 e. The fourth-order valence-electron chi connectivity index (χ4n) is 3.05. The zero-order valence-electron chi connectivity index (χ0n) is 18.3. The molecule has 0 aliphatic carbocycles. The third kappa shape index (κ3) is 6.74. The Hall–Kier alpha value is -4.51. The lowest BCUT2D eigenvalue weighted by Gasteiger charge is -2.13. The summed E-state index contributed by atoms with van der Waals surface area (Å²) in [5, 5.41) is 25.9. The van der Waals surface area contributed by atoms with Crippen molar-refractivity contribution >= 4 is 35.1 Å². The van der Waals surface area contributed by atoms with Crippen LogP contribution >= 0.6 is 11.6 Å². The monoisotopic (exact) mass is 498 g/mol. The van der Waals surface area contributed by atoms with Crippen molar-refractivity contribution in [1.29, 1.82) is 0 Å². The lowest BCUT2D eigenvalue weighted by molar-refractivity contribution is -0.385. The van der Waals surface area contributed by atoms with Crippen molar-refractivity contribution in [2.24, 2.45) is 5.10 Å². The number of nitrogens with zero attached hydrogens (tertiary/aromatic N) is 3. The van der Waals surface area contributed by atoms with Gasteiger partial charge in [-0.15, -0.1) is 0 Å². The highest BCUT2D eigenvalue weighted by Crippen LogP contribution is 2.36. The van der Waals surface area contributed by atoms with Gasteiger partial charge in [-0.05, 0) is 35.4 Å². The number of hydrazone groups is 1. The summed E-state index contributed by atoms with van der Waals surface area (Å²) in [5.74, 6) is 0.0499. The smallest absolute Gasteiger partial charge is 0.273 e. The van der Waals surface area contributed by atoms with Crippen LogP contribution in [-0.2, 0) is 17.8 Å². The first-order valence-electron chi connectivity index (χ1n) is 10.1. The summed E-state index contributed by atoms with van der Waals surface area (Å²) in [4.78, 5) is 32.9. The van der Waals surface area contributed by atoms with E-state index in [1.165, 1.54) is 43.7 Å². The first kappa shape index (κ1) is 25.1. The molecule has 0 spiro atoms. The largest absolute Gasteiger partial charge is 0.493 e. The minimum absolute atomic E-state index is 0.0258. The van der Waals surface area contributed by atoms with Gasteiger partial charge in [0.05, 0.1) is 34.6 Å². The van der Waals surface area contributed by atoms with Crippen LogP contribution < -0.4 is 14.9 Å². The Morgan fingerprint density at radius 1 is 1.09 bits per heavy atom. The summed E-state index contributed by atoms with van der Waals surface area (Å²) >= 11 is 6.34. The number of carbonyl (C=O) groups is 1. The maximum absolute atomic E-state index is 12.1. The van der Waals surface area contributed by atoms with Crippen LogP contribution in [-0.4, -0.2) is 29.1 Å². The molecule has 0 aliphatic heterocycles. The summed E-state index contributed by atoms with van der Waals surface area (Å²) in [5.41, 5.74) is 3.61. The van der Waals surface area contributed by atoms with Crippen molar-refractivity contribution in [1.82, 2.24) is 5.43 Å². The maximum Gasteiger partial charge on any atom is 0.273 e. The Bertz CT molecular complexity index is 1280. The maximum atomic E-state index is 12.1. The van der Waals surface area contributed by atoms with E-state index in [1.807, 2.05) is 0 Å². The molecule has 3 rings (SSSR count). The molecule has 3 aromatic rings. The summed E-state index contributed by atoms with van der Waals surface area (Å²) in [7, 11) is 1.43. The number of nitro benzene ring substituents is 2. The molecule has 0 saturated heterocycles. The molecule has 0 aromatic heterocycles. The van der Waals surface area contributed by atoms with Crippen LogP contribution in [0.5, 0.6) is 11.5 Å². The van der Waals surface area contributed by atoms with Crippen LogP contribution in [0.25, 0.3) is 0 Å². The van der Waals surface area contributed by atoms with Gasteiger partial charge in [-0.25, -0.2) is 5.43 Å². The van der Waals surface area contributed by atoms with Crippen LogP contribution in [0.3, 0.4) is 0 Å². The standard InChI is InChI=1S/C23H19ClN4O7/c1-34-21-11-16(13-25-26-22(29)12-17-4-2-3-5-20(17)28(32)33)10-19(24)23(21)35-14-15-6-8-18(9-7-15)27(30)31/h2-11,13H,12,14H2,1H3,(H,26,29). The van der Waals surface area contributed by atoms with E-state index in [0.29, 0.717) is 16.9 Å². The molecule has 0 saturated carbocycles. The highest BCUT2D eigenvalue weighted by molar-refractivity contribution is 6.32.